The van der Waals surface area contributed by atoms with Crippen LogP contribution in [0.5, 0.6) is 5.75 Å². The molecule has 3 rings (SSSR count). The zero-order valence-electron chi connectivity index (χ0n) is 10.5. The second-order valence-electron chi connectivity index (χ2n) is 4.21. The molecular weight excluding hydrogens is 282 g/mol. The fourth-order valence-electron chi connectivity index (χ4n) is 1.89. The maximum Gasteiger partial charge on any atom is 0.160 e. The fraction of sp³-hybridized carbons (Fsp3) is 0.0714. The molecule has 3 nitrogen and oxygen atoms in total. The summed E-state index contributed by atoms with van der Waals surface area (Å²) < 4.78 is 32.5. The summed E-state index contributed by atoms with van der Waals surface area (Å²) in [5.41, 5.74) is 7.05. The van der Waals surface area contributed by atoms with Crippen LogP contribution in [0.1, 0.15) is 0 Å². The molecule has 1 aromatic heterocycles. The van der Waals surface area contributed by atoms with E-state index in [4.69, 9.17) is 10.5 Å². The Hall–Kier alpha value is -2.21. The van der Waals surface area contributed by atoms with Crippen LogP contribution in [0.2, 0.25) is 0 Å². The molecule has 0 bridgehead atoms. The van der Waals surface area contributed by atoms with Crippen LogP contribution in [-0.4, -0.2) is 12.1 Å². The molecular formula is C14H10F2N2OS. The van der Waals surface area contributed by atoms with Crippen LogP contribution in [0.4, 0.5) is 14.5 Å². The summed E-state index contributed by atoms with van der Waals surface area (Å²) in [7, 11) is 1.58. The molecule has 0 saturated heterocycles. The lowest BCUT2D eigenvalue weighted by Crippen LogP contribution is -1.94. The molecule has 1 heterocycles. The number of anilines is 1. The van der Waals surface area contributed by atoms with Gasteiger partial charge in [-0.1, -0.05) is 0 Å². The van der Waals surface area contributed by atoms with Gasteiger partial charge >= 0.3 is 0 Å². The van der Waals surface area contributed by atoms with Gasteiger partial charge in [-0.2, -0.15) is 0 Å². The van der Waals surface area contributed by atoms with Gasteiger partial charge < -0.3 is 10.5 Å². The van der Waals surface area contributed by atoms with Crippen LogP contribution in [0.15, 0.2) is 30.3 Å². The van der Waals surface area contributed by atoms with Gasteiger partial charge in [-0.25, -0.2) is 13.8 Å². The monoisotopic (exact) mass is 292 g/mol. The van der Waals surface area contributed by atoms with Gasteiger partial charge in [0.2, 0.25) is 0 Å². The number of methoxy groups -OCH3 is 1. The fourth-order valence-corrected chi connectivity index (χ4v) is 2.93. The van der Waals surface area contributed by atoms with Crippen molar-refractivity contribution in [2.24, 2.45) is 0 Å². The molecule has 0 unspecified atom stereocenters. The van der Waals surface area contributed by atoms with Crippen molar-refractivity contribution in [1.82, 2.24) is 4.98 Å². The van der Waals surface area contributed by atoms with Crippen LogP contribution >= 0.6 is 11.3 Å². The lowest BCUT2D eigenvalue weighted by Gasteiger charge is -2.02. The molecule has 0 aliphatic rings. The average molecular weight is 292 g/mol. The number of nitrogens with two attached hydrogens (primary N) is 1. The maximum absolute atomic E-state index is 13.3. The number of thiazole rings is 1. The van der Waals surface area contributed by atoms with E-state index < -0.39 is 11.6 Å². The van der Waals surface area contributed by atoms with Gasteiger partial charge in [0.15, 0.2) is 11.6 Å². The van der Waals surface area contributed by atoms with Crippen molar-refractivity contribution in [2.75, 3.05) is 12.8 Å². The molecule has 0 saturated carbocycles. The summed E-state index contributed by atoms with van der Waals surface area (Å²) in [5, 5.41) is 0.546. The molecule has 0 fully saturated rings. The lowest BCUT2D eigenvalue weighted by atomic mass is 10.2. The second kappa shape index (κ2) is 4.72. The SMILES string of the molecule is COc1ccc2nc(-c3cc(F)c(F)cc3N)sc2c1. The summed E-state index contributed by atoms with van der Waals surface area (Å²) in [4.78, 5) is 4.38. The average Bonchev–Trinajstić information content (AvgIpc) is 2.85. The number of hydrogen-bond acceptors (Lipinski definition) is 4. The van der Waals surface area contributed by atoms with E-state index in [0.717, 1.165) is 22.3 Å². The first-order valence-electron chi connectivity index (χ1n) is 5.78. The summed E-state index contributed by atoms with van der Waals surface area (Å²) in [5.74, 6) is -1.19. The first-order chi connectivity index (χ1) is 9.58. The summed E-state index contributed by atoms with van der Waals surface area (Å²) >= 11 is 1.35. The van der Waals surface area contributed by atoms with Gasteiger partial charge in [0.05, 0.1) is 17.3 Å². The Morgan fingerprint density at radius 1 is 1.15 bits per heavy atom. The number of ether oxygens (including phenoxy) is 1. The van der Waals surface area contributed by atoms with Crippen LogP contribution in [0.3, 0.4) is 0 Å². The first kappa shape index (κ1) is 12.8. The van der Waals surface area contributed by atoms with Gasteiger partial charge in [0.1, 0.15) is 10.8 Å². The molecule has 2 N–H and O–H groups in total. The van der Waals surface area contributed by atoms with E-state index in [1.54, 1.807) is 13.2 Å². The smallest absolute Gasteiger partial charge is 0.160 e. The van der Waals surface area contributed by atoms with Crippen molar-refractivity contribution in [3.8, 4) is 16.3 Å². The Morgan fingerprint density at radius 3 is 2.65 bits per heavy atom. The Bertz CT molecular complexity index is 801. The number of fused-ring (bicyclic) bond motifs is 1. The van der Waals surface area contributed by atoms with Crippen molar-refractivity contribution in [3.05, 3.63) is 42.0 Å². The minimum absolute atomic E-state index is 0.162. The number of rotatable bonds is 2. The highest BCUT2D eigenvalue weighted by atomic mass is 32.1. The van der Waals surface area contributed by atoms with E-state index in [2.05, 4.69) is 4.98 Å². The van der Waals surface area contributed by atoms with E-state index in [-0.39, 0.29) is 5.69 Å². The van der Waals surface area contributed by atoms with E-state index >= 15 is 0 Å². The van der Waals surface area contributed by atoms with Gasteiger partial charge in [-0.05, 0) is 24.3 Å². The molecule has 2 aromatic carbocycles. The molecule has 0 atom stereocenters. The third kappa shape index (κ3) is 2.08. The van der Waals surface area contributed by atoms with Crippen LogP contribution in [0.25, 0.3) is 20.8 Å². The van der Waals surface area contributed by atoms with Gasteiger partial charge in [0, 0.05) is 17.3 Å². The van der Waals surface area contributed by atoms with E-state index in [1.807, 2.05) is 12.1 Å². The lowest BCUT2D eigenvalue weighted by molar-refractivity contribution is 0.415. The number of benzene rings is 2. The Kier molecular flexibility index (Phi) is 3.02. The van der Waals surface area contributed by atoms with Crippen molar-refractivity contribution < 1.29 is 13.5 Å². The maximum atomic E-state index is 13.3. The highest BCUT2D eigenvalue weighted by Crippen LogP contribution is 2.35. The van der Waals surface area contributed by atoms with Crippen molar-refractivity contribution in [2.45, 2.75) is 0 Å². The zero-order chi connectivity index (χ0) is 14.3. The van der Waals surface area contributed by atoms with Crippen LogP contribution < -0.4 is 10.5 Å². The van der Waals surface area contributed by atoms with Crippen LogP contribution in [0, 0.1) is 11.6 Å². The van der Waals surface area contributed by atoms with Crippen molar-refractivity contribution in [3.63, 3.8) is 0 Å². The van der Waals surface area contributed by atoms with Gasteiger partial charge in [-0.15, -0.1) is 11.3 Å². The minimum Gasteiger partial charge on any atom is -0.497 e. The molecule has 3 aromatic rings. The second-order valence-corrected chi connectivity index (χ2v) is 5.24. The molecule has 20 heavy (non-hydrogen) atoms. The van der Waals surface area contributed by atoms with Crippen molar-refractivity contribution >= 4 is 27.2 Å². The Labute approximate surface area is 117 Å². The highest BCUT2D eigenvalue weighted by molar-refractivity contribution is 7.21. The van der Waals surface area contributed by atoms with Crippen LogP contribution in [-0.2, 0) is 0 Å². The summed E-state index contributed by atoms with van der Waals surface area (Å²) in [6.45, 7) is 0. The van der Waals surface area contributed by atoms with E-state index in [0.29, 0.717) is 16.3 Å². The third-order valence-corrected chi connectivity index (χ3v) is 3.97. The van der Waals surface area contributed by atoms with Crippen molar-refractivity contribution in [1.29, 1.82) is 0 Å². The summed E-state index contributed by atoms with van der Waals surface area (Å²) in [6.07, 6.45) is 0. The van der Waals surface area contributed by atoms with E-state index in [9.17, 15) is 8.78 Å². The molecule has 0 amide bonds. The standard InChI is InChI=1S/C14H10F2N2OS/c1-19-7-2-3-12-13(4-7)20-14(18-12)8-5-9(15)10(16)6-11(8)17/h2-6H,17H2,1H3. The summed E-state index contributed by atoms with van der Waals surface area (Å²) in [6, 6.07) is 7.48. The number of hydrogen-bond donors (Lipinski definition) is 1. The number of aromatic nitrogens is 1. The molecule has 6 heteroatoms. The Morgan fingerprint density at radius 2 is 1.90 bits per heavy atom. The minimum atomic E-state index is -0.964. The van der Waals surface area contributed by atoms with E-state index in [1.165, 1.54) is 11.3 Å². The largest absolute Gasteiger partial charge is 0.497 e. The van der Waals surface area contributed by atoms with Gasteiger partial charge in [0.25, 0.3) is 0 Å². The predicted molar refractivity (Wildman–Crippen MR) is 75.9 cm³/mol. The number of nitrogens with zero attached hydrogens (tertiary/aromatic N) is 1. The topological polar surface area (TPSA) is 48.1 Å². The molecule has 0 aliphatic carbocycles. The molecule has 0 aliphatic heterocycles. The highest BCUT2D eigenvalue weighted by Gasteiger charge is 2.13. The Balaban J connectivity index is 2.17. The first-order valence-corrected chi connectivity index (χ1v) is 6.59. The third-order valence-electron chi connectivity index (χ3n) is 2.92. The molecule has 0 radical (unpaired) electrons. The number of halogens is 2. The number of nitrogen functional groups attached to an aromatic ring is 1. The quantitative estimate of drug-likeness (QED) is 0.730. The molecule has 102 valence electrons. The van der Waals surface area contributed by atoms with Gasteiger partial charge in [-0.3, -0.25) is 0 Å². The normalized spacial score (nSPS) is 10.9. The zero-order valence-corrected chi connectivity index (χ0v) is 11.3. The molecule has 0 spiro atoms. The predicted octanol–water partition coefficient (Wildman–Crippen LogP) is 3.83.